The second-order valence-electron chi connectivity index (χ2n) is 4.43. The number of fused-ring (bicyclic) bond motifs is 2. The Morgan fingerprint density at radius 3 is 2.76 bits per heavy atom. The molecule has 2 aromatic carbocycles. The number of aromatic nitrogens is 4. The van der Waals surface area contributed by atoms with Crippen molar-refractivity contribution in [3.8, 4) is 5.95 Å². The Balaban J connectivity index is 1.98. The average molecular weight is 345 g/mol. The summed E-state index contributed by atoms with van der Waals surface area (Å²) in [4.78, 5) is 16.7. The van der Waals surface area contributed by atoms with Gasteiger partial charge in [-0.3, -0.25) is 0 Å². The van der Waals surface area contributed by atoms with Gasteiger partial charge in [-0.15, -0.1) is 0 Å². The van der Waals surface area contributed by atoms with Crippen LogP contribution < -0.4 is 5.56 Å². The Kier molecular flexibility index (Phi) is 2.70. The Morgan fingerprint density at radius 1 is 1.05 bits per heavy atom. The van der Waals surface area contributed by atoms with Crippen LogP contribution in [0.2, 0.25) is 0 Å². The van der Waals surface area contributed by atoms with Crippen LogP contribution in [0.4, 0.5) is 4.39 Å². The van der Waals surface area contributed by atoms with Crippen LogP contribution in [0.5, 0.6) is 0 Å². The van der Waals surface area contributed by atoms with E-state index in [9.17, 15) is 9.18 Å². The van der Waals surface area contributed by atoms with Gasteiger partial charge in [-0.25, -0.2) is 0 Å². The van der Waals surface area contributed by atoms with Crippen molar-refractivity contribution < 1.29 is 4.39 Å². The molecule has 4 rings (SSSR count). The Labute approximate surface area is 123 Å². The zero-order valence-corrected chi connectivity index (χ0v) is 12.2. The second-order valence-corrected chi connectivity index (χ2v) is 6.50. The molecule has 102 valence electrons. The molecule has 0 unspecified atom stereocenters. The summed E-state index contributed by atoms with van der Waals surface area (Å²) in [7, 11) is 0. The van der Waals surface area contributed by atoms with Crippen molar-refractivity contribution >= 4 is 35.4 Å². The van der Waals surface area contributed by atoms with Gasteiger partial charge in [0.1, 0.15) is 0 Å². The molecule has 0 aliphatic rings. The molecular formula is C14H7FN4OSe. The standard InChI is InChI=1S/C14H7FN4OSe/c15-8-5-6-10-11(7-8)17-18-14(16-10)19-13(20)9-3-1-2-4-12(9)21-19/h1-7H. The molecule has 0 spiro atoms. The van der Waals surface area contributed by atoms with Crippen molar-refractivity contribution in [1.82, 2.24) is 18.7 Å². The van der Waals surface area contributed by atoms with Crippen LogP contribution in [-0.4, -0.2) is 33.5 Å². The molecule has 0 atom stereocenters. The van der Waals surface area contributed by atoms with Crippen molar-refractivity contribution in [3.63, 3.8) is 0 Å². The van der Waals surface area contributed by atoms with E-state index in [1.807, 2.05) is 18.2 Å². The maximum atomic E-state index is 13.1. The van der Waals surface area contributed by atoms with Gasteiger partial charge in [-0.05, 0) is 0 Å². The minimum absolute atomic E-state index is 0.117. The third kappa shape index (κ3) is 1.98. The summed E-state index contributed by atoms with van der Waals surface area (Å²) in [5.41, 5.74) is 0.769. The minimum atomic E-state index is -0.389. The molecule has 0 fully saturated rings. The number of hydrogen-bond donors (Lipinski definition) is 0. The van der Waals surface area contributed by atoms with Gasteiger partial charge in [-0.2, -0.15) is 0 Å². The summed E-state index contributed by atoms with van der Waals surface area (Å²) < 4.78 is 15.7. The molecule has 0 aliphatic carbocycles. The van der Waals surface area contributed by atoms with Gasteiger partial charge < -0.3 is 0 Å². The predicted molar refractivity (Wildman–Crippen MR) is 77.3 cm³/mol. The van der Waals surface area contributed by atoms with E-state index in [0.717, 1.165) is 4.26 Å². The first-order valence-electron chi connectivity index (χ1n) is 6.14. The fourth-order valence-corrected chi connectivity index (χ4v) is 4.04. The first kappa shape index (κ1) is 12.4. The third-order valence-electron chi connectivity index (χ3n) is 3.08. The zero-order valence-electron chi connectivity index (χ0n) is 10.5. The summed E-state index contributed by atoms with van der Waals surface area (Å²) in [5, 5.41) is 8.58. The predicted octanol–water partition coefficient (Wildman–Crippen LogP) is 1.52. The van der Waals surface area contributed by atoms with Gasteiger partial charge >= 0.3 is 123 Å². The third-order valence-corrected chi connectivity index (χ3v) is 5.31. The van der Waals surface area contributed by atoms with E-state index in [1.54, 1.807) is 6.07 Å². The van der Waals surface area contributed by atoms with E-state index in [-0.39, 0.29) is 32.1 Å². The Hall–Kier alpha value is -2.37. The molecule has 4 aromatic rings. The van der Waals surface area contributed by atoms with Gasteiger partial charge in [-0.1, -0.05) is 0 Å². The SMILES string of the molecule is O=c1c2ccccc2[se]n1-c1nnc2cc(F)ccc2n1. The molecule has 0 bridgehead atoms. The average Bonchev–Trinajstić information content (AvgIpc) is 2.84. The second kappa shape index (κ2) is 4.58. The van der Waals surface area contributed by atoms with E-state index in [2.05, 4.69) is 15.2 Å². The molecule has 0 N–H and O–H groups in total. The fraction of sp³-hybridized carbons (Fsp3) is 0. The van der Waals surface area contributed by atoms with E-state index in [1.165, 1.54) is 21.8 Å². The topological polar surface area (TPSA) is 60.7 Å². The van der Waals surface area contributed by atoms with Gasteiger partial charge in [0.05, 0.1) is 0 Å². The Morgan fingerprint density at radius 2 is 1.90 bits per heavy atom. The van der Waals surface area contributed by atoms with Crippen molar-refractivity contribution in [1.29, 1.82) is 0 Å². The van der Waals surface area contributed by atoms with Crippen molar-refractivity contribution in [2.75, 3.05) is 0 Å². The van der Waals surface area contributed by atoms with Gasteiger partial charge in [0.25, 0.3) is 0 Å². The van der Waals surface area contributed by atoms with Gasteiger partial charge in [0.2, 0.25) is 0 Å². The van der Waals surface area contributed by atoms with E-state index >= 15 is 0 Å². The normalized spacial score (nSPS) is 11.3. The fourth-order valence-electron chi connectivity index (χ4n) is 2.09. The molecule has 2 aromatic heterocycles. The first-order valence-corrected chi connectivity index (χ1v) is 7.76. The molecular weight excluding hydrogens is 338 g/mol. The number of hydrogen-bond acceptors (Lipinski definition) is 4. The molecule has 2 heterocycles. The maximum absolute atomic E-state index is 13.1. The van der Waals surface area contributed by atoms with Crippen molar-refractivity contribution in [2.24, 2.45) is 0 Å². The van der Waals surface area contributed by atoms with Crippen LogP contribution in [0.15, 0.2) is 47.3 Å². The zero-order chi connectivity index (χ0) is 14.4. The number of halogens is 1. The summed E-state index contributed by atoms with van der Waals surface area (Å²) in [5.74, 6) is -0.129. The summed E-state index contributed by atoms with van der Waals surface area (Å²) in [6.45, 7) is 0. The summed E-state index contributed by atoms with van der Waals surface area (Å²) in [6.07, 6.45) is 0. The van der Waals surface area contributed by atoms with Crippen LogP contribution in [0.25, 0.3) is 26.6 Å². The van der Waals surface area contributed by atoms with Crippen LogP contribution >= 0.6 is 0 Å². The first-order chi connectivity index (χ1) is 10.2. The molecule has 0 radical (unpaired) electrons. The summed E-state index contributed by atoms with van der Waals surface area (Å²) >= 11 is -0.205. The molecule has 5 nitrogen and oxygen atoms in total. The quantitative estimate of drug-likeness (QED) is 0.491. The van der Waals surface area contributed by atoms with Gasteiger partial charge in [0, 0.05) is 0 Å². The summed E-state index contributed by atoms with van der Waals surface area (Å²) in [6, 6.07) is 11.6. The van der Waals surface area contributed by atoms with E-state index in [0.29, 0.717) is 16.4 Å². The van der Waals surface area contributed by atoms with Crippen LogP contribution in [0.1, 0.15) is 0 Å². The molecule has 0 saturated carbocycles. The number of rotatable bonds is 1. The van der Waals surface area contributed by atoms with Crippen LogP contribution in [0.3, 0.4) is 0 Å². The van der Waals surface area contributed by atoms with E-state index in [4.69, 9.17) is 0 Å². The molecule has 0 saturated heterocycles. The van der Waals surface area contributed by atoms with Crippen LogP contribution in [0, 0.1) is 5.82 Å². The molecule has 21 heavy (non-hydrogen) atoms. The van der Waals surface area contributed by atoms with Gasteiger partial charge in [0.15, 0.2) is 0 Å². The van der Waals surface area contributed by atoms with E-state index < -0.39 is 0 Å². The number of nitrogens with zero attached hydrogens (tertiary/aromatic N) is 4. The Bertz CT molecular complexity index is 1040. The van der Waals surface area contributed by atoms with Crippen molar-refractivity contribution in [3.05, 3.63) is 58.6 Å². The molecule has 7 heteroatoms. The van der Waals surface area contributed by atoms with Crippen molar-refractivity contribution in [2.45, 2.75) is 0 Å². The monoisotopic (exact) mass is 346 g/mol. The molecule has 0 aliphatic heterocycles. The molecule has 0 amide bonds. The van der Waals surface area contributed by atoms with Crippen LogP contribution in [-0.2, 0) is 0 Å². The number of benzene rings is 2.